The number of hydrogen-bond acceptors (Lipinski definition) is 3. The van der Waals surface area contributed by atoms with Crippen LogP contribution in [-0.2, 0) is 11.3 Å². The van der Waals surface area contributed by atoms with Crippen LogP contribution in [0.25, 0.3) is 0 Å². The minimum Gasteiger partial charge on any atom is -0.360 e. The summed E-state index contributed by atoms with van der Waals surface area (Å²) in [6.07, 6.45) is 1.30. The summed E-state index contributed by atoms with van der Waals surface area (Å²) in [5, 5.41) is 6.36. The summed E-state index contributed by atoms with van der Waals surface area (Å²) in [5.74, 6) is 2.49. The summed E-state index contributed by atoms with van der Waals surface area (Å²) in [5.41, 5.74) is 2.32. The van der Waals surface area contributed by atoms with Crippen molar-refractivity contribution in [3.05, 3.63) is 29.8 Å². The van der Waals surface area contributed by atoms with Crippen molar-refractivity contribution in [2.75, 3.05) is 44.7 Å². The molecule has 0 bridgehead atoms. The van der Waals surface area contributed by atoms with E-state index in [0.29, 0.717) is 24.9 Å². The minimum atomic E-state index is 0. The fourth-order valence-electron chi connectivity index (χ4n) is 4.03. The van der Waals surface area contributed by atoms with Gasteiger partial charge >= 0.3 is 0 Å². The lowest BCUT2D eigenvalue weighted by molar-refractivity contribution is -0.120. The number of benzene rings is 1. The highest BCUT2D eigenvalue weighted by Gasteiger charge is 2.24. The Bertz CT molecular complexity index is 638. The molecular weight excluding hydrogens is 453 g/mol. The van der Waals surface area contributed by atoms with E-state index in [-0.39, 0.29) is 29.9 Å². The predicted octanol–water partition coefficient (Wildman–Crippen LogP) is 2.29. The van der Waals surface area contributed by atoms with Crippen LogP contribution in [0.2, 0.25) is 0 Å². The van der Waals surface area contributed by atoms with Gasteiger partial charge in [0.2, 0.25) is 5.91 Å². The lowest BCUT2D eigenvalue weighted by Crippen LogP contribution is -2.48. The number of hydrogen-bond donors (Lipinski definition) is 2. The zero-order chi connectivity index (χ0) is 18.5. The average molecular weight is 485 g/mol. The van der Waals surface area contributed by atoms with Crippen LogP contribution in [0, 0.1) is 11.8 Å². The maximum Gasteiger partial charge on any atom is 0.239 e. The van der Waals surface area contributed by atoms with Gasteiger partial charge in [0.15, 0.2) is 5.96 Å². The zero-order valence-electron chi connectivity index (χ0n) is 16.6. The SMILES string of the molecule is CN=C(NCc1ccc(N2CCNC(=O)C2)cc1)N1CC(C)CC(C)C1.I. The van der Waals surface area contributed by atoms with Crippen LogP contribution in [0.1, 0.15) is 25.8 Å². The Labute approximate surface area is 179 Å². The molecule has 2 unspecified atom stereocenters. The molecule has 0 aliphatic carbocycles. The Balaban J connectivity index is 0.00000261. The molecule has 0 radical (unpaired) electrons. The van der Waals surface area contributed by atoms with E-state index in [1.54, 1.807) is 0 Å². The molecule has 2 N–H and O–H groups in total. The van der Waals surface area contributed by atoms with Gasteiger partial charge in [0.25, 0.3) is 0 Å². The standard InChI is InChI=1S/C20H31N5O.HI/c1-15-10-16(2)13-25(12-15)20(21-3)23-11-17-4-6-18(7-5-17)24-9-8-22-19(26)14-24;/h4-7,15-16H,8-14H2,1-3H3,(H,21,23)(H,22,26);1H. The van der Waals surface area contributed by atoms with Gasteiger partial charge in [-0.25, -0.2) is 0 Å². The first kappa shape index (κ1) is 21.8. The number of likely N-dealkylation sites (tertiary alicyclic amines) is 1. The van der Waals surface area contributed by atoms with Crippen LogP contribution in [0.5, 0.6) is 0 Å². The van der Waals surface area contributed by atoms with E-state index in [0.717, 1.165) is 37.8 Å². The molecule has 2 aliphatic rings. The van der Waals surface area contributed by atoms with Crippen molar-refractivity contribution in [3.8, 4) is 0 Å². The number of carbonyl (C=O) groups excluding carboxylic acids is 1. The summed E-state index contributed by atoms with van der Waals surface area (Å²) in [7, 11) is 1.86. The first-order chi connectivity index (χ1) is 12.5. The first-order valence-electron chi connectivity index (χ1n) is 9.61. The first-order valence-corrected chi connectivity index (χ1v) is 9.61. The molecule has 3 rings (SSSR count). The summed E-state index contributed by atoms with van der Waals surface area (Å²) in [6, 6.07) is 8.46. The van der Waals surface area contributed by atoms with Crippen LogP contribution in [0.3, 0.4) is 0 Å². The Morgan fingerprint density at radius 2 is 1.89 bits per heavy atom. The van der Waals surface area contributed by atoms with Crippen molar-refractivity contribution in [1.29, 1.82) is 0 Å². The van der Waals surface area contributed by atoms with Crippen molar-refractivity contribution < 1.29 is 4.79 Å². The third kappa shape index (κ3) is 5.99. The fourth-order valence-corrected chi connectivity index (χ4v) is 4.03. The number of amides is 1. The second kappa shape index (κ2) is 10.1. The number of anilines is 1. The molecule has 2 saturated heterocycles. The average Bonchev–Trinajstić information content (AvgIpc) is 2.62. The Morgan fingerprint density at radius 3 is 2.48 bits per heavy atom. The molecule has 0 saturated carbocycles. The molecule has 6 nitrogen and oxygen atoms in total. The summed E-state index contributed by atoms with van der Waals surface area (Å²) in [4.78, 5) is 20.5. The van der Waals surface area contributed by atoms with Crippen LogP contribution in [0.15, 0.2) is 29.3 Å². The summed E-state index contributed by atoms with van der Waals surface area (Å²) >= 11 is 0. The summed E-state index contributed by atoms with van der Waals surface area (Å²) in [6.45, 7) is 9.54. The second-order valence-corrected chi connectivity index (χ2v) is 7.69. The van der Waals surface area contributed by atoms with Crippen LogP contribution >= 0.6 is 24.0 Å². The number of nitrogens with zero attached hydrogens (tertiary/aromatic N) is 3. The van der Waals surface area contributed by atoms with E-state index in [1.165, 1.54) is 12.0 Å². The van der Waals surface area contributed by atoms with Crippen molar-refractivity contribution in [1.82, 2.24) is 15.5 Å². The molecule has 1 aromatic rings. The van der Waals surface area contributed by atoms with E-state index < -0.39 is 0 Å². The lowest BCUT2D eigenvalue weighted by Gasteiger charge is -2.37. The monoisotopic (exact) mass is 485 g/mol. The molecule has 2 fully saturated rings. The summed E-state index contributed by atoms with van der Waals surface area (Å²) < 4.78 is 0. The molecule has 0 aromatic heterocycles. The number of guanidine groups is 1. The highest BCUT2D eigenvalue weighted by Crippen LogP contribution is 2.21. The fraction of sp³-hybridized carbons (Fsp3) is 0.600. The van der Waals surface area contributed by atoms with Gasteiger partial charge in [-0.05, 0) is 36.0 Å². The van der Waals surface area contributed by atoms with Gasteiger partial charge in [-0.1, -0.05) is 26.0 Å². The maximum atomic E-state index is 11.5. The Hall–Kier alpha value is -1.51. The zero-order valence-corrected chi connectivity index (χ0v) is 18.9. The molecule has 0 spiro atoms. The van der Waals surface area contributed by atoms with Crippen LogP contribution in [0.4, 0.5) is 5.69 Å². The van der Waals surface area contributed by atoms with E-state index in [1.807, 2.05) is 7.05 Å². The maximum absolute atomic E-state index is 11.5. The largest absolute Gasteiger partial charge is 0.360 e. The second-order valence-electron chi connectivity index (χ2n) is 7.69. The van der Waals surface area contributed by atoms with Gasteiger partial charge in [0.05, 0.1) is 6.54 Å². The van der Waals surface area contributed by atoms with Crippen LogP contribution in [-0.4, -0.2) is 56.5 Å². The van der Waals surface area contributed by atoms with E-state index in [9.17, 15) is 4.79 Å². The molecule has 2 heterocycles. The number of nitrogens with one attached hydrogen (secondary N) is 2. The highest BCUT2D eigenvalue weighted by molar-refractivity contribution is 14.0. The molecular formula is C20H32IN5O. The molecule has 2 atom stereocenters. The van der Waals surface area contributed by atoms with Crippen molar-refractivity contribution >= 4 is 41.5 Å². The molecule has 7 heteroatoms. The number of halogens is 1. The minimum absolute atomic E-state index is 0. The van der Waals surface area contributed by atoms with Gasteiger partial charge in [-0.2, -0.15) is 0 Å². The Morgan fingerprint density at radius 1 is 1.22 bits per heavy atom. The smallest absolute Gasteiger partial charge is 0.239 e. The lowest BCUT2D eigenvalue weighted by atomic mass is 9.92. The quantitative estimate of drug-likeness (QED) is 0.392. The topological polar surface area (TPSA) is 60.0 Å². The third-order valence-electron chi connectivity index (χ3n) is 5.17. The number of rotatable bonds is 3. The molecule has 27 heavy (non-hydrogen) atoms. The number of carbonyl (C=O) groups is 1. The molecule has 1 aromatic carbocycles. The van der Waals surface area contributed by atoms with Crippen molar-refractivity contribution in [3.63, 3.8) is 0 Å². The number of aliphatic imine (C=N–C) groups is 1. The molecule has 2 aliphatic heterocycles. The van der Waals surface area contributed by atoms with Crippen molar-refractivity contribution in [2.45, 2.75) is 26.8 Å². The van der Waals surface area contributed by atoms with E-state index >= 15 is 0 Å². The van der Waals surface area contributed by atoms with Gasteiger partial charge in [0.1, 0.15) is 0 Å². The van der Waals surface area contributed by atoms with Crippen molar-refractivity contribution in [2.24, 2.45) is 16.8 Å². The number of piperidine rings is 1. The highest BCUT2D eigenvalue weighted by atomic mass is 127. The Kier molecular flexibility index (Phi) is 8.19. The predicted molar refractivity (Wildman–Crippen MR) is 122 cm³/mol. The number of piperazine rings is 1. The van der Waals surface area contributed by atoms with E-state index in [2.05, 4.69) is 63.5 Å². The van der Waals surface area contributed by atoms with Crippen LogP contribution < -0.4 is 15.5 Å². The van der Waals surface area contributed by atoms with E-state index in [4.69, 9.17) is 0 Å². The van der Waals surface area contributed by atoms with Gasteiger partial charge in [0, 0.05) is 45.5 Å². The molecule has 150 valence electrons. The third-order valence-corrected chi connectivity index (χ3v) is 5.17. The molecule has 1 amide bonds. The van der Waals surface area contributed by atoms with Gasteiger partial charge < -0.3 is 20.4 Å². The normalized spacial score (nSPS) is 23.5. The van der Waals surface area contributed by atoms with Gasteiger partial charge in [-0.3, -0.25) is 9.79 Å². The van der Waals surface area contributed by atoms with Gasteiger partial charge in [-0.15, -0.1) is 24.0 Å².